The van der Waals surface area contributed by atoms with Crippen molar-refractivity contribution in [3.05, 3.63) is 71.1 Å². The topological polar surface area (TPSA) is 59.2 Å². The predicted molar refractivity (Wildman–Crippen MR) is 93.4 cm³/mol. The molecule has 1 fully saturated rings. The maximum Gasteiger partial charge on any atom is 0.249 e. The molecule has 3 aromatic rings. The van der Waals surface area contributed by atoms with Gasteiger partial charge in [-0.1, -0.05) is 28.9 Å². The molecule has 0 radical (unpaired) electrons. The lowest BCUT2D eigenvalue weighted by atomic mass is 10.1. The summed E-state index contributed by atoms with van der Waals surface area (Å²) in [6.07, 6.45) is 0.844. The van der Waals surface area contributed by atoms with E-state index in [2.05, 4.69) is 10.1 Å². The number of aromatic nitrogens is 2. The van der Waals surface area contributed by atoms with E-state index in [1.807, 2.05) is 31.2 Å². The summed E-state index contributed by atoms with van der Waals surface area (Å²) in [6.45, 7) is 2.06. The van der Waals surface area contributed by atoms with Gasteiger partial charge in [0, 0.05) is 24.6 Å². The van der Waals surface area contributed by atoms with Crippen LogP contribution in [-0.2, 0) is 11.3 Å². The van der Waals surface area contributed by atoms with Gasteiger partial charge in [-0.15, -0.1) is 0 Å². The molecular formula is C20H17F2N3O2. The molecule has 27 heavy (non-hydrogen) atoms. The number of nitrogens with zero attached hydrogens (tertiary/aromatic N) is 3. The number of rotatable bonds is 4. The molecule has 1 aliphatic heterocycles. The minimum atomic E-state index is -0.673. The maximum atomic E-state index is 13.5. The third-order valence-electron chi connectivity index (χ3n) is 4.61. The number of carbonyl (C=O) groups excluding carboxylic acids is 1. The first-order valence-electron chi connectivity index (χ1n) is 8.65. The molecule has 0 N–H and O–H groups in total. The van der Waals surface area contributed by atoms with E-state index in [1.165, 1.54) is 17.0 Å². The molecule has 1 aromatic heterocycles. The van der Waals surface area contributed by atoms with Crippen LogP contribution >= 0.6 is 0 Å². The third kappa shape index (κ3) is 3.58. The van der Waals surface area contributed by atoms with Gasteiger partial charge in [-0.2, -0.15) is 4.98 Å². The van der Waals surface area contributed by atoms with E-state index >= 15 is 0 Å². The van der Waals surface area contributed by atoms with Gasteiger partial charge in [0.05, 0.1) is 0 Å². The molecule has 7 heteroatoms. The molecule has 1 aliphatic rings. The lowest BCUT2D eigenvalue weighted by Gasteiger charge is -2.22. The molecule has 5 nitrogen and oxygen atoms in total. The Labute approximate surface area is 154 Å². The van der Waals surface area contributed by atoms with Crippen LogP contribution in [0.2, 0.25) is 0 Å². The predicted octanol–water partition coefficient (Wildman–Crippen LogP) is 4.19. The van der Waals surface area contributed by atoms with Crippen LogP contribution in [0.5, 0.6) is 0 Å². The van der Waals surface area contributed by atoms with Crippen molar-refractivity contribution >= 4 is 5.91 Å². The summed E-state index contributed by atoms with van der Waals surface area (Å²) in [5, 5.41) is 4.02. The number of hydrogen-bond donors (Lipinski definition) is 0. The number of amides is 1. The Kier molecular flexibility index (Phi) is 4.43. The minimum Gasteiger partial charge on any atom is -0.337 e. The quantitative estimate of drug-likeness (QED) is 0.692. The van der Waals surface area contributed by atoms with E-state index in [1.54, 1.807) is 0 Å². The van der Waals surface area contributed by atoms with Crippen LogP contribution in [0, 0.1) is 18.6 Å². The van der Waals surface area contributed by atoms with Crippen molar-refractivity contribution in [1.82, 2.24) is 15.0 Å². The summed E-state index contributed by atoms with van der Waals surface area (Å²) in [5.74, 6) is -0.681. The van der Waals surface area contributed by atoms with Crippen LogP contribution < -0.4 is 0 Å². The van der Waals surface area contributed by atoms with Crippen LogP contribution in [0.4, 0.5) is 8.78 Å². The first-order chi connectivity index (χ1) is 13.0. The highest BCUT2D eigenvalue weighted by Crippen LogP contribution is 2.34. The fourth-order valence-corrected chi connectivity index (χ4v) is 3.36. The zero-order chi connectivity index (χ0) is 19.0. The molecule has 0 aliphatic carbocycles. The molecule has 1 saturated heterocycles. The molecule has 1 amide bonds. The van der Waals surface area contributed by atoms with Gasteiger partial charge in [0.15, 0.2) is 0 Å². The normalized spacial score (nSPS) is 16.9. The van der Waals surface area contributed by atoms with Crippen LogP contribution in [-0.4, -0.2) is 20.9 Å². The Morgan fingerprint density at radius 3 is 2.70 bits per heavy atom. The maximum absolute atomic E-state index is 13.5. The van der Waals surface area contributed by atoms with Gasteiger partial charge in [-0.05, 0) is 37.1 Å². The van der Waals surface area contributed by atoms with Gasteiger partial charge >= 0.3 is 0 Å². The van der Waals surface area contributed by atoms with Crippen molar-refractivity contribution in [2.45, 2.75) is 32.4 Å². The second kappa shape index (κ2) is 6.90. The van der Waals surface area contributed by atoms with E-state index in [9.17, 15) is 13.6 Å². The van der Waals surface area contributed by atoms with Crippen molar-refractivity contribution in [3.63, 3.8) is 0 Å². The molecule has 1 atom stereocenters. The number of halogens is 2. The van der Waals surface area contributed by atoms with Gasteiger partial charge in [-0.25, -0.2) is 8.78 Å². The smallest absolute Gasteiger partial charge is 0.249 e. The fourth-order valence-electron chi connectivity index (χ4n) is 3.36. The lowest BCUT2D eigenvalue weighted by molar-refractivity contribution is -0.130. The van der Waals surface area contributed by atoms with Gasteiger partial charge in [-0.3, -0.25) is 4.79 Å². The van der Waals surface area contributed by atoms with Crippen LogP contribution in [0.3, 0.4) is 0 Å². The lowest BCUT2D eigenvalue weighted by Crippen LogP contribution is -2.27. The average molecular weight is 369 g/mol. The van der Waals surface area contributed by atoms with Crippen molar-refractivity contribution in [1.29, 1.82) is 0 Å². The van der Waals surface area contributed by atoms with Crippen molar-refractivity contribution in [2.75, 3.05) is 0 Å². The first-order valence-corrected chi connectivity index (χ1v) is 8.65. The monoisotopic (exact) mass is 369 g/mol. The fraction of sp³-hybridized carbons (Fsp3) is 0.250. The van der Waals surface area contributed by atoms with E-state index in [0.717, 1.165) is 17.2 Å². The van der Waals surface area contributed by atoms with E-state index in [-0.39, 0.29) is 12.5 Å². The molecule has 0 bridgehead atoms. The largest absolute Gasteiger partial charge is 0.337 e. The standard InChI is InChI=1S/C20H17F2N3O2/c1-12-3-2-4-14(7-12)19-23-20(27-24-19)17-5-6-18(26)25(17)11-13-8-15(21)10-16(22)9-13/h2-4,7-10,17H,5-6,11H2,1H3. The SMILES string of the molecule is Cc1cccc(-c2noc(C3CCC(=O)N3Cc3cc(F)cc(F)c3)n2)c1. The summed E-state index contributed by atoms with van der Waals surface area (Å²) in [7, 11) is 0. The second-order valence-electron chi connectivity index (χ2n) is 6.68. The highest BCUT2D eigenvalue weighted by molar-refractivity contribution is 5.78. The third-order valence-corrected chi connectivity index (χ3v) is 4.61. The Bertz CT molecular complexity index is 982. The zero-order valence-electron chi connectivity index (χ0n) is 14.7. The molecule has 0 spiro atoms. The molecule has 4 rings (SSSR count). The minimum absolute atomic E-state index is 0.0837. The van der Waals surface area contributed by atoms with E-state index < -0.39 is 17.7 Å². The zero-order valence-corrected chi connectivity index (χ0v) is 14.7. The number of carbonyl (C=O) groups is 1. The van der Waals surface area contributed by atoms with Gasteiger partial charge in [0.25, 0.3) is 0 Å². The number of benzene rings is 2. The molecule has 138 valence electrons. The summed E-state index contributed by atoms with van der Waals surface area (Å²) < 4.78 is 32.3. The summed E-state index contributed by atoms with van der Waals surface area (Å²) in [6, 6.07) is 10.5. The summed E-state index contributed by atoms with van der Waals surface area (Å²) in [5.41, 5.74) is 2.28. The molecule has 2 aromatic carbocycles. The van der Waals surface area contributed by atoms with Gasteiger partial charge in [0.2, 0.25) is 17.6 Å². The number of aryl methyl sites for hydroxylation is 1. The van der Waals surface area contributed by atoms with Crippen LogP contribution in [0.15, 0.2) is 47.0 Å². The molecular weight excluding hydrogens is 352 g/mol. The summed E-state index contributed by atoms with van der Waals surface area (Å²) >= 11 is 0. The van der Waals surface area contributed by atoms with Crippen molar-refractivity contribution in [2.24, 2.45) is 0 Å². The highest BCUT2D eigenvalue weighted by Gasteiger charge is 2.36. The van der Waals surface area contributed by atoms with E-state index in [0.29, 0.717) is 30.1 Å². The second-order valence-corrected chi connectivity index (χ2v) is 6.68. The summed E-state index contributed by atoms with van der Waals surface area (Å²) in [4.78, 5) is 18.3. The molecule has 0 saturated carbocycles. The number of likely N-dealkylation sites (tertiary alicyclic amines) is 1. The van der Waals surface area contributed by atoms with Gasteiger partial charge in [0.1, 0.15) is 17.7 Å². The Balaban J connectivity index is 1.60. The Hall–Kier alpha value is -3.09. The van der Waals surface area contributed by atoms with Gasteiger partial charge < -0.3 is 9.42 Å². The Morgan fingerprint density at radius 1 is 1.19 bits per heavy atom. The van der Waals surface area contributed by atoms with Crippen molar-refractivity contribution < 1.29 is 18.1 Å². The van der Waals surface area contributed by atoms with Crippen LogP contribution in [0.1, 0.15) is 35.9 Å². The Morgan fingerprint density at radius 2 is 1.96 bits per heavy atom. The first kappa shape index (κ1) is 17.3. The van der Waals surface area contributed by atoms with E-state index in [4.69, 9.17) is 4.52 Å². The number of hydrogen-bond acceptors (Lipinski definition) is 4. The molecule has 1 unspecified atom stereocenters. The van der Waals surface area contributed by atoms with Crippen LogP contribution in [0.25, 0.3) is 11.4 Å². The average Bonchev–Trinajstić information content (AvgIpc) is 3.22. The molecule has 2 heterocycles. The highest BCUT2D eigenvalue weighted by atomic mass is 19.1. The van der Waals surface area contributed by atoms with Crippen molar-refractivity contribution in [3.8, 4) is 11.4 Å².